The van der Waals surface area contributed by atoms with Crippen LogP contribution in [0, 0.1) is 0 Å². The molecule has 1 unspecified atom stereocenters. The van der Waals surface area contributed by atoms with Gasteiger partial charge in [-0.05, 0) is 31.9 Å². The molecule has 1 atom stereocenters. The van der Waals surface area contributed by atoms with Crippen molar-refractivity contribution in [3.05, 3.63) is 36.5 Å². The third kappa shape index (κ3) is 6.33. The summed E-state index contributed by atoms with van der Waals surface area (Å²) in [6.07, 6.45) is 3.26. The van der Waals surface area contributed by atoms with Crippen LogP contribution in [0.25, 0.3) is 11.0 Å². The monoisotopic (exact) mass is 442 g/mol. The molecule has 1 aromatic carbocycles. The minimum atomic E-state index is -0.582. The SMILES string of the molecule is CCCNc1nc(SCCC)nc2c1cnn2CCNC(=O)C(C)Oc1ccccc1. The van der Waals surface area contributed by atoms with Gasteiger partial charge >= 0.3 is 0 Å². The molecule has 0 spiro atoms. The molecule has 0 aliphatic rings. The van der Waals surface area contributed by atoms with Crippen LogP contribution in [0.15, 0.2) is 41.7 Å². The summed E-state index contributed by atoms with van der Waals surface area (Å²) in [5.74, 6) is 2.27. The molecule has 31 heavy (non-hydrogen) atoms. The summed E-state index contributed by atoms with van der Waals surface area (Å²) in [6, 6.07) is 9.32. The van der Waals surface area contributed by atoms with E-state index in [2.05, 4.69) is 34.6 Å². The number of para-hydroxylation sites is 1. The minimum absolute atomic E-state index is 0.167. The Labute approximate surface area is 187 Å². The molecule has 0 bridgehead atoms. The second-order valence-corrected chi connectivity index (χ2v) is 8.16. The number of amides is 1. The molecule has 2 aromatic heterocycles. The van der Waals surface area contributed by atoms with Gasteiger partial charge in [-0.3, -0.25) is 4.79 Å². The molecule has 0 fully saturated rings. The Balaban J connectivity index is 1.64. The number of carbonyl (C=O) groups is 1. The second-order valence-electron chi connectivity index (χ2n) is 7.10. The Bertz CT molecular complexity index is 979. The number of carbonyl (C=O) groups excluding carboxylic acids is 1. The Kier molecular flexibility index (Phi) is 8.52. The van der Waals surface area contributed by atoms with Crippen molar-refractivity contribution < 1.29 is 9.53 Å². The van der Waals surface area contributed by atoms with Crippen LogP contribution in [0.2, 0.25) is 0 Å². The lowest BCUT2D eigenvalue weighted by molar-refractivity contribution is -0.127. The zero-order valence-electron chi connectivity index (χ0n) is 18.3. The summed E-state index contributed by atoms with van der Waals surface area (Å²) in [6.45, 7) is 7.77. The number of ether oxygens (including phenoxy) is 1. The maximum atomic E-state index is 12.4. The van der Waals surface area contributed by atoms with Crippen molar-refractivity contribution in [1.82, 2.24) is 25.1 Å². The number of rotatable bonds is 12. The van der Waals surface area contributed by atoms with E-state index in [1.54, 1.807) is 24.9 Å². The number of nitrogens with zero attached hydrogens (tertiary/aromatic N) is 4. The summed E-state index contributed by atoms with van der Waals surface area (Å²) >= 11 is 1.64. The molecule has 0 radical (unpaired) electrons. The Morgan fingerprint density at radius 3 is 2.71 bits per heavy atom. The fraction of sp³-hybridized carbons (Fsp3) is 0.455. The highest BCUT2D eigenvalue weighted by atomic mass is 32.2. The zero-order valence-corrected chi connectivity index (χ0v) is 19.1. The first kappa shape index (κ1) is 22.9. The molecular weight excluding hydrogens is 412 g/mol. The zero-order chi connectivity index (χ0) is 22.1. The molecular formula is C22H30N6O2S. The molecule has 3 aromatic rings. The summed E-state index contributed by atoms with van der Waals surface area (Å²) < 4.78 is 7.49. The standard InChI is InChI=1S/C22H30N6O2S/c1-4-11-23-19-18-15-25-28(20(18)27-22(26-19)31-14-5-2)13-12-24-21(29)16(3)30-17-9-7-6-8-10-17/h6-10,15-16H,4-5,11-14H2,1-3H3,(H,24,29)(H,23,26,27). The van der Waals surface area contributed by atoms with Crippen LogP contribution in [0.3, 0.4) is 0 Å². The van der Waals surface area contributed by atoms with Gasteiger partial charge in [-0.1, -0.05) is 43.8 Å². The number of aromatic nitrogens is 4. The third-order valence-electron chi connectivity index (χ3n) is 4.50. The van der Waals surface area contributed by atoms with E-state index in [-0.39, 0.29) is 5.91 Å². The summed E-state index contributed by atoms with van der Waals surface area (Å²) in [5.41, 5.74) is 0.773. The van der Waals surface area contributed by atoms with Crippen molar-refractivity contribution in [2.75, 3.05) is 24.2 Å². The van der Waals surface area contributed by atoms with Gasteiger partial charge in [0.2, 0.25) is 0 Å². The largest absolute Gasteiger partial charge is 0.481 e. The van der Waals surface area contributed by atoms with Crippen molar-refractivity contribution in [3.63, 3.8) is 0 Å². The minimum Gasteiger partial charge on any atom is -0.481 e. The molecule has 166 valence electrons. The van der Waals surface area contributed by atoms with Crippen molar-refractivity contribution >= 4 is 34.5 Å². The fourth-order valence-corrected chi connectivity index (χ4v) is 3.61. The van der Waals surface area contributed by atoms with Crippen molar-refractivity contribution in [2.45, 2.75) is 51.4 Å². The quantitative estimate of drug-likeness (QED) is 0.326. The van der Waals surface area contributed by atoms with E-state index in [1.807, 2.05) is 35.0 Å². The molecule has 3 rings (SSSR count). The predicted molar refractivity (Wildman–Crippen MR) is 125 cm³/mol. The van der Waals surface area contributed by atoms with E-state index < -0.39 is 6.10 Å². The Morgan fingerprint density at radius 2 is 1.97 bits per heavy atom. The number of benzene rings is 1. The fourth-order valence-electron chi connectivity index (χ4n) is 2.92. The number of anilines is 1. The summed E-state index contributed by atoms with van der Waals surface area (Å²) in [4.78, 5) is 21.7. The van der Waals surface area contributed by atoms with Gasteiger partial charge in [-0.25, -0.2) is 14.6 Å². The van der Waals surface area contributed by atoms with Gasteiger partial charge in [0.05, 0.1) is 18.1 Å². The first-order valence-electron chi connectivity index (χ1n) is 10.7. The van der Waals surface area contributed by atoms with E-state index in [0.717, 1.165) is 47.1 Å². The molecule has 2 N–H and O–H groups in total. The van der Waals surface area contributed by atoms with Crippen molar-refractivity contribution in [2.24, 2.45) is 0 Å². The van der Waals surface area contributed by atoms with Crippen molar-refractivity contribution in [1.29, 1.82) is 0 Å². The lowest BCUT2D eigenvalue weighted by Crippen LogP contribution is -2.38. The van der Waals surface area contributed by atoms with Crippen LogP contribution in [-0.4, -0.2) is 50.6 Å². The summed E-state index contributed by atoms with van der Waals surface area (Å²) in [5, 5.41) is 12.4. The van der Waals surface area contributed by atoms with Gasteiger partial charge in [-0.2, -0.15) is 5.10 Å². The van der Waals surface area contributed by atoms with Crippen LogP contribution >= 0.6 is 11.8 Å². The van der Waals surface area contributed by atoms with E-state index in [0.29, 0.717) is 18.8 Å². The lowest BCUT2D eigenvalue weighted by atomic mass is 10.3. The van der Waals surface area contributed by atoms with Crippen LogP contribution in [0.4, 0.5) is 5.82 Å². The topological polar surface area (TPSA) is 94.0 Å². The third-order valence-corrected chi connectivity index (χ3v) is 5.55. The van der Waals surface area contributed by atoms with Crippen LogP contribution in [0.5, 0.6) is 5.75 Å². The summed E-state index contributed by atoms with van der Waals surface area (Å²) in [7, 11) is 0. The van der Waals surface area contributed by atoms with Gasteiger partial charge in [-0.15, -0.1) is 0 Å². The highest BCUT2D eigenvalue weighted by Crippen LogP contribution is 2.24. The number of hydrogen-bond acceptors (Lipinski definition) is 7. The number of hydrogen-bond donors (Lipinski definition) is 2. The second kappa shape index (κ2) is 11.5. The van der Waals surface area contributed by atoms with Gasteiger partial charge in [0, 0.05) is 18.8 Å². The number of nitrogens with one attached hydrogen (secondary N) is 2. The maximum Gasteiger partial charge on any atom is 0.260 e. The first-order chi connectivity index (χ1) is 15.1. The van der Waals surface area contributed by atoms with E-state index in [9.17, 15) is 4.79 Å². The highest BCUT2D eigenvalue weighted by Gasteiger charge is 2.16. The normalized spacial score (nSPS) is 12.0. The van der Waals surface area contributed by atoms with Crippen LogP contribution in [-0.2, 0) is 11.3 Å². The average molecular weight is 443 g/mol. The van der Waals surface area contributed by atoms with E-state index in [4.69, 9.17) is 9.72 Å². The molecule has 9 heteroatoms. The average Bonchev–Trinajstić information content (AvgIpc) is 3.19. The molecule has 0 aliphatic heterocycles. The molecule has 1 amide bonds. The number of thioether (sulfide) groups is 1. The Hall–Kier alpha value is -2.81. The molecule has 0 saturated carbocycles. The van der Waals surface area contributed by atoms with Crippen LogP contribution in [0.1, 0.15) is 33.6 Å². The van der Waals surface area contributed by atoms with Crippen LogP contribution < -0.4 is 15.4 Å². The van der Waals surface area contributed by atoms with Gasteiger partial charge in [0.25, 0.3) is 5.91 Å². The lowest BCUT2D eigenvalue weighted by Gasteiger charge is -2.14. The van der Waals surface area contributed by atoms with Gasteiger partial charge < -0.3 is 15.4 Å². The Morgan fingerprint density at radius 1 is 1.16 bits per heavy atom. The molecule has 2 heterocycles. The number of fused-ring (bicyclic) bond motifs is 1. The van der Waals surface area contributed by atoms with E-state index in [1.165, 1.54) is 0 Å². The van der Waals surface area contributed by atoms with Gasteiger partial charge in [0.15, 0.2) is 16.9 Å². The van der Waals surface area contributed by atoms with Gasteiger partial charge in [0.1, 0.15) is 11.6 Å². The smallest absolute Gasteiger partial charge is 0.260 e. The molecule has 8 nitrogen and oxygen atoms in total. The maximum absolute atomic E-state index is 12.4. The first-order valence-corrected chi connectivity index (χ1v) is 11.7. The molecule has 0 saturated heterocycles. The molecule has 0 aliphatic carbocycles. The highest BCUT2D eigenvalue weighted by molar-refractivity contribution is 7.99. The van der Waals surface area contributed by atoms with E-state index >= 15 is 0 Å². The van der Waals surface area contributed by atoms with Crippen molar-refractivity contribution in [3.8, 4) is 5.75 Å². The predicted octanol–water partition coefficient (Wildman–Crippen LogP) is 3.73.